The van der Waals surface area contributed by atoms with Crippen molar-refractivity contribution in [3.8, 4) is 17.2 Å². The van der Waals surface area contributed by atoms with E-state index in [1.807, 2.05) is 0 Å². The molecule has 2 aromatic rings. The van der Waals surface area contributed by atoms with E-state index in [9.17, 15) is 18.1 Å². The van der Waals surface area contributed by atoms with Crippen molar-refractivity contribution < 1.29 is 52.4 Å². The van der Waals surface area contributed by atoms with E-state index in [1.165, 1.54) is 37.5 Å². The first-order chi connectivity index (χ1) is 12.4. The number of benzene rings is 2. The van der Waals surface area contributed by atoms with Gasteiger partial charge in [0.1, 0.15) is 16.4 Å². The van der Waals surface area contributed by atoms with Crippen LogP contribution in [0.4, 0.5) is 0 Å². The molecule has 0 unspecified atom stereocenters. The summed E-state index contributed by atoms with van der Waals surface area (Å²) in [4.78, 5) is -0.253. The number of ether oxygens (including phenoxy) is 1. The van der Waals surface area contributed by atoms with E-state index < -0.39 is 10.1 Å². The Morgan fingerprint density at radius 1 is 0.926 bits per heavy atom. The van der Waals surface area contributed by atoms with Crippen LogP contribution >= 0.6 is 0 Å². The van der Waals surface area contributed by atoms with Crippen LogP contribution in [-0.2, 0) is 16.5 Å². The van der Waals surface area contributed by atoms with Gasteiger partial charge in [-0.15, -0.1) is 0 Å². The standard InChI is InChI=1S/C20H26O5S.Na/c1-2-3-4-5-6-7-11-16-12-10-15-19(20(16)26(22,23)24)25-18-14-9-8-13-17(18)21;/h8-10,12-15,21H,2-7,11H2,1H3,(H,22,23,24);/q;+1/p-1. The molecule has 27 heavy (non-hydrogen) atoms. The number of para-hydroxylation sites is 2. The van der Waals surface area contributed by atoms with Crippen LogP contribution in [0.3, 0.4) is 0 Å². The summed E-state index contributed by atoms with van der Waals surface area (Å²) in [5.41, 5.74) is 0.504. The number of aryl methyl sites for hydroxylation is 1. The Morgan fingerprint density at radius 2 is 1.56 bits per heavy atom. The minimum Gasteiger partial charge on any atom is -0.870 e. The first kappa shape index (κ1) is 24.0. The summed E-state index contributed by atoms with van der Waals surface area (Å²) >= 11 is 0. The molecule has 2 rings (SSSR count). The van der Waals surface area contributed by atoms with Gasteiger partial charge in [0.05, 0.1) is 0 Å². The molecular formula is C20H25NaO5S. The molecule has 2 aromatic carbocycles. The van der Waals surface area contributed by atoms with Gasteiger partial charge in [-0.25, -0.2) is 0 Å². The smallest absolute Gasteiger partial charge is 0.870 e. The van der Waals surface area contributed by atoms with Crippen molar-refractivity contribution in [2.75, 3.05) is 0 Å². The van der Waals surface area contributed by atoms with Gasteiger partial charge < -0.3 is 9.84 Å². The van der Waals surface area contributed by atoms with E-state index >= 15 is 0 Å². The maximum Gasteiger partial charge on any atom is 1.00 e. The zero-order valence-electron chi connectivity index (χ0n) is 16.0. The molecule has 1 N–H and O–H groups in total. The van der Waals surface area contributed by atoms with E-state index in [0.717, 1.165) is 19.3 Å². The van der Waals surface area contributed by atoms with E-state index in [1.54, 1.807) is 24.3 Å². The quantitative estimate of drug-likeness (QED) is 0.373. The fourth-order valence-corrected chi connectivity index (χ4v) is 3.75. The number of hydrogen-bond donors (Lipinski definition) is 1. The fourth-order valence-electron chi connectivity index (χ4n) is 2.88. The summed E-state index contributed by atoms with van der Waals surface area (Å²) in [5.74, 6) is -0.358. The van der Waals surface area contributed by atoms with Gasteiger partial charge in [-0.1, -0.05) is 75.1 Å². The fraction of sp³-hybridized carbons (Fsp3) is 0.400. The second-order valence-electron chi connectivity index (χ2n) is 6.29. The van der Waals surface area contributed by atoms with E-state index in [2.05, 4.69) is 6.92 Å². The molecule has 0 aliphatic heterocycles. The molecule has 0 aliphatic carbocycles. The molecule has 5 nitrogen and oxygen atoms in total. The third-order valence-electron chi connectivity index (χ3n) is 4.19. The van der Waals surface area contributed by atoms with Crippen LogP contribution in [0.15, 0.2) is 47.4 Å². The Kier molecular flexibility index (Phi) is 10.4. The summed E-state index contributed by atoms with van der Waals surface area (Å²) in [6.45, 7) is 2.16. The first-order valence-corrected chi connectivity index (χ1v) is 10.4. The summed E-state index contributed by atoms with van der Waals surface area (Å²) in [6, 6.07) is 10.8. The van der Waals surface area contributed by atoms with Crippen LogP contribution in [0.25, 0.3) is 0 Å². The Balaban J connectivity index is 0.00000364. The van der Waals surface area contributed by atoms with E-state index in [4.69, 9.17) is 4.74 Å². The Hall–Kier alpha value is -1.05. The van der Waals surface area contributed by atoms with Crippen molar-refractivity contribution in [1.82, 2.24) is 0 Å². The summed E-state index contributed by atoms with van der Waals surface area (Å²) in [7, 11) is -4.48. The molecule has 0 heterocycles. The maximum atomic E-state index is 11.9. The van der Waals surface area contributed by atoms with Gasteiger partial charge in [0.2, 0.25) is 0 Å². The molecule has 0 aromatic heterocycles. The van der Waals surface area contributed by atoms with Gasteiger partial charge in [0.15, 0.2) is 0 Å². The predicted molar refractivity (Wildman–Crippen MR) is 99.3 cm³/mol. The van der Waals surface area contributed by atoms with Gasteiger partial charge in [-0.2, -0.15) is 8.42 Å². The number of rotatable bonds is 10. The third kappa shape index (κ3) is 7.47. The van der Waals surface area contributed by atoms with E-state index in [-0.39, 0.29) is 51.7 Å². The van der Waals surface area contributed by atoms with Gasteiger partial charge in [-0.05, 0) is 30.5 Å². The molecule has 0 radical (unpaired) electrons. The topological polar surface area (TPSA) is 86.7 Å². The Labute approximate surface area is 183 Å². The SMILES string of the molecule is CCCCCCCCc1cccc(Oc2ccccc2[O-])c1S(=O)(=O)O.[Na+]. The second kappa shape index (κ2) is 11.7. The van der Waals surface area contributed by atoms with Gasteiger partial charge in [0, 0.05) is 0 Å². The molecule has 0 bridgehead atoms. The van der Waals surface area contributed by atoms with Crippen LogP contribution in [0, 0.1) is 0 Å². The Morgan fingerprint density at radius 3 is 2.22 bits per heavy atom. The van der Waals surface area contributed by atoms with Crippen molar-refractivity contribution in [3.05, 3.63) is 48.0 Å². The molecular weight excluding hydrogens is 375 g/mol. The average Bonchev–Trinajstić information content (AvgIpc) is 2.59. The van der Waals surface area contributed by atoms with E-state index in [0.29, 0.717) is 12.0 Å². The molecule has 0 atom stereocenters. The molecule has 0 saturated heterocycles. The van der Waals surface area contributed by atoms with Crippen LogP contribution in [0.1, 0.15) is 51.0 Å². The van der Waals surface area contributed by atoms with Crippen LogP contribution in [0.2, 0.25) is 0 Å². The molecule has 0 aliphatic rings. The zero-order valence-corrected chi connectivity index (χ0v) is 18.8. The zero-order chi connectivity index (χ0) is 19.0. The second-order valence-corrected chi connectivity index (χ2v) is 7.64. The normalized spacial score (nSPS) is 11.0. The summed E-state index contributed by atoms with van der Waals surface area (Å²) in [5, 5.41) is 11.8. The molecule has 0 spiro atoms. The number of unbranched alkanes of at least 4 members (excludes halogenated alkanes) is 5. The third-order valence-corrected chi connectivity index (χ3v) is 5.17. The molecule has 0 saturated carbocycles. The van der Waals surface area contributed by atoms with Gasteiger partial charge in [-0.3, -0.25) is 4.55 Å². The summed E-state index contributed by atoms with van der Waals surface area (Å²) in [6.07, 6.45) is 7.01. The van der Waals surface area contributed by atoms with Crippen LogP contribution in [0.5, 0.6) is 17.2 Å². The van der Waals surface area contributed by atoms with Crippen molar-refractivity contribution in [1.29, 1.82) is 0 Å². The minimum absolute atomic E-state index is 0. The largest absolute Gasteiger partial charge is 1.00 e. The van der Waals surface area contributed by atoms with Crippen molar-refractivity contribution in [2.24, 2.45) is 0 Å². The van der Waals surface area contributed by atoms with Crippen molar-refractivity contribution >= 4 is 10.1 Å². The van der Waals surface area contributed by atoms with Crippen molar-refractivity contribution in [3.63, 3.8) is 0 Å². The van der Waals surface area contributed by atoms with Gasteiger partial charge >= 0.3 is 29.6 Å². The van der Waals surface area contributed by atoms with Gasteiger partial charge in [0.25, 0.3) is 10.1 Å². The molecule has 7 heteroatoms. The van der Waals surface area contributed by atoms with Crippen LogP contribution in [-0.4, -0.2) is 13.0 Å². The molecule has 142 valence electrons. The Bertz CT molecular complexity index is 821. The summed E-state index contributed by atoms with van der Waals surface area (Å²) < 4.78 is 39.0. The maximum absolute atomic E-state index is 11.9. The van der Waals surface area contributed by atoms with Crippen molar-refractivity contribution in [2.45, 2.75) is 56.8 Å². The molecule has 0 amide bonds. The monoisotopic (exact) mass is 400 g/mol. The van der Waals surface area contributed by atoms with Crippen LogP contribution < -0.4 is 39.4 Å². The predicted octanol–water partition coefficient (Wildman–Crippen LogP) is 1.71. The average molecular weight is 400 g/mol. The molecule has 0 fully saturated rings. The minimum atomic E-state index is -4.48. The first-order valence-electron chi connectivity index (χ1n) is 8.96. The number of hydrogen-bond acceptors (Lipinski definition) is 4.